The molecule has 0 amide bonds. The summed E-state index contributed by atoms with van der Waals surface area (Å²) < 4.78 is 29.0. The van der Waals surface area contributed by atoms with Crippen LogP contribution in [0.5, 0.6) is 0 Å². The largest absolute Gasteiger partial charge is 0.285 e. The summed E-state index contributed by atoms with van der Waals surface area (Å²) in [6.45, 7) is 2.03. The van der Waals surface area contributed by atoms with Crippen LogP contribution >= 0.6 is 0 Å². The number of aromatic nitrogens is 2. The fourth-order valence-electron chi connectivity index (χ4n) is 2.10. The first kappa shape index (κ1) is 13.6. The van der Waals surface area contributed by atoms with Crippen LogP contribution < -0.4 is 4.72 Å². The minimum Gasteiger partial charge on any atom is -0.285 e. The van der Waals surface area contributed by atoms with Gasteiger partial charge in [0.1, 0.15) is 0 Å². The van der Waals surface area contributed by atoms with Crippen molar-refractivity contribution in [3.63, 3.8) is 0 Å². The van der Waals surface area contributed by atoms with Crippen LogP contribution in [0.25, 0.3) is 5.52 Å². The molecule has 3 rings (SSSR count). The molecule has 0 spiro atoms. The molecule has 0 fully saturated rings. The zero-order valence-electron chi connectivity index (χ0n) is 11.5. The average Bonchev–Trinajstić information content (AvgIpc) is 2.90. The lowest BCUT2D eigenvalue weighted by Gasteiger charge is -2.07. The van der Waals surface area contributed by atoms with Gasteiger partial charge in [-0.2, -0.15) is 0 Å². The van der Waals surface area contributed by atoms with Crippen LogP contribution in [0.15, 0.2) is 59.8 Å². The van der Waals surface area contributed by atoms with Gasteiger partial charge in [-0.25, -0.2) is 18.1 Å². The Labute approximate surface area is 123 Å². The van der Waals surface area contributed by atoms with Crippen molar-refractivity contribution in [3.05, 3.63) is 60.4 Å². The summed E-state index contributed by atoms with van der Waals surface area (Å²) in [5, 5.41) is 0. The van der Waals surface area contributed by atoms with Crippen LogP contribution in [0, 0.1) is 0 Å². The maximum absolute atomic E-state index is 12.4. The second kappa shape index (κ2) is 5.21. The molecule has 0 saturated carbocycles. The van der Waals surface area contributed by atoms with Crippen LogP contribution in [0.3, 0.4) is 0 Å². The van der Waals surface area contributed by atoms with Crippen molar-refractivity contribution in [2.75, 3.05) is 4.72 Å². The normalized spacial score (nSPS) is 11.7. The van der Waals surface area contributed by atoms with E-state index in [1.807, 2.05) is 37.3 Å². The number of aryl methyl sites for hydroxylation is 1. The monoisotopic (exact) mass is 301 g/mol. The van der Waals surface area contributed by atoms with E-state index in [-0.39, 0.29) is 10.8 Å². The summed E-state index contributed by atoms with van der Waals surface area (Å²) in [7, 11) is -3.63. The van der Waals surface area contributed by atoms with E-state index in [1.165, 1.54) is 0 Å². The Morgan fingerprint density at radius 1 is 1.14 bits per heavy atom. The number of benzene rings is 1. The van der Waals surface area contributed by atoms with Gasteiger partial charge in [0.15, 0.2) is 0 Å². The highest BCUT2D eigenvalue weighted by Crippen LogP contribution is 2.17. The molecule has 1 aromatic carbocycles. The Bertz CT molecular complexity index is 867. The van der Waals surface area contributed by atoms with Gasteiger partial charge in [-0.15, -0.1) is 0 Å². The van der Waals surface area contributed by atoms with Crippen molar-refractivity contribution >= 4 is 21.5 Å². The van der Waals surface area contributed by atoms with Crippen LogP contribution in [0.4, 0.5) is 5.95 Å². The second-order valence-corrected chi connectivity index (χ2v) is 6.36. The molecule has 0 aliphatic heterocycles. The Kier molecular flexibility index (Phi) is 3.39. The van der Waals surface area contributed by atoms with E-state index in [1.54, 1.807) is 28.9 Å². The van der Waals surface area contributed by atoms with Crippen LogP contribution in [-0.2, 0) is 16.4 Å². The van der Waals surface area contributed by atoms with Crippen molar-refractivity contribution in [1.29, 1.82) is 0 Å². The number of sulfonamides is 1. The van der Waals surface area contributed by atoms with E-state index >= 15 is 0 Å². The van der Waals surface area contributed by atoms with Crippen molar-refractivity contribution in [2.45, 2.75) is 18.2 Å². The lowest BCUT2D eigenvalue weighted by atomic mass is 10.2. The molecule has 0 radical (unpaired) electrons. The van der Waals surface area contributed by atoms with Gasteiger partial charge in [-0.1, -0.05) is 25.1 Å². The third-order valence-corrected chi connectivity index (χ3v) is 4.65. The predicted octanol–water partition coefficient (Wildman–Crippen LogP) is 2.70. The average molecular weight is 301 g/mol. The van der Waals surface area contributed by atoms with Gasteiger partial charge in [0.2, 0.25) is 5.95 Å². The SMILES string of the molecule is CCc1ccc(S(=O)(=O)Nc2ncc3ccccn23)cc1. The Morgan fingerprint density at radius 2 is 1.90 bits per heavy atom. The van der Waals surface area contributed by atoms with Gasteiger partial charge in [0.25, 0.3) is 10.0 Å². The van der Waals surface area contributed by atoms with E-state index in [4.69, 9.17) is 0 Å². The van der Waals surface area contributed by atoms with Gasteiger partial charge >= 0.3 is 0 Å². The molecular formula is C15H15N3O2S. The molecule has 5 nitrogen and oxygen atoms in total. The van der Waals surface area contributed by atoms with Gasteiger partial charge < -0.3 is 0 Å². The Hall–Kier alpha value is -2.34. The van der Waals surface area contributed by atoms with Crippen molar-refractivity contribution < 1.29 is 8.42 Å². The van der Waals surface area contributed by atoms with E-state index in [9.17, 15) is 8.42 Å². The molecule has 0 saturated heterocycles. The molecule has 3 aromatic rings. The van der Waals surface area contributed by atoms with Gasteiger partial charge in [0, 0.05) is 6.20 Å². The molecule has 0 atom stereocenters. The van der Waals surface area contributed by atoms with Gasteiger partial charge in [-0.05, 0) is 36.2 Å². The van der Waals surface area contributed by atoms with Crippen LogP contribution in [-0.4, -0.2) is 17.8 Å². The van der Waals surface area contributed by atoms with Crippen molar-refractivity contribution in [2.24, 2.45) is 0 Å². The zero-order chi connectivity index (χ0) is 14.9. The topological polar surface area (TPSA) is 63.5 Å². The van der Waals surface area contributed by atoms with Gasteiger partial charge in [0.05, 0.1) is 16.6 Å². The Morgan fingerprint density at radius 3 is 2.62 bits per heavy atom. The van der Waals surface area contributed by atoms with Crippen LogP contribution in [0.2, 0.25) is 0 Å². The molecule has 2 aromatic heterocycles. The zero-order valence-corrected chi connectivity index (χ0v) is 12.3. The first-order valence-corrected chi connectivity index (χ1v) is 8.12. The quantitative estimate of drug-likeness (QED) is 0.806. The first-order chi connectivity index (χ1) is 10.1. The summed E-state index contributed by atoms with van der Waals surface area (Å²) in [4.78, 5) is 4.34. The second-order valence-electron chi connectivity index (χ2n) is 4.68. The molecule has 108 valence electrons. The van der Waals surface area contributed by atoms with Crippen molar-refractivity contribution in [1.82, 2.24) is 9.38 Å². The van der Waals surface area contributed by atoms with E-state index in [0.29, 0.717) is 0 Å². The smallest absolute Gasteiger partial charge is 0.264 e. The third-order valence-electron chi connectivity index (χ3n) is 3.31. The number of hydrogen-bond donors (Lipinski definition) is 1. The van der Waals surface area contributed by atoms with Crippen LogP contribution in [0.1, 0.15) is 12.5 Å². The number of fused-ring (bicyclic) bond motifs is 1. The fourth-order valence-corrected chi connectivity index (χ4v) is 3.11. The molecule has 6 heteroatoms. The molecule has 1 N–H and O–H groups in total. The summed E-state index contributed by atoms with van der Waals surface area (Å²) in [5.74, 6) is 0.283. The standard InChI is InChI=1S/C15H15N3O2S/c1-2-12-6-8-14(9-7-12)21(19,20)17-15-16-11-13-5-3-4-10-18(13)15/h3-11H,2H2,1H3,(H,16,17). The highest BCUT2D eigenvalue weighted by atomic mass is 32.2. The number of nitrogens with one attached hydrogen (secondary N) is 1. The number of anilines is 1. The molecule has 2 heterocycles. The number of imidazole rings is 1. The molecule has 21 heavy (non-hydrogen) atoms. The molecular weight excluding hydrogens is 286 g/mol. The lowest BCUT2D eigenvalue weighted by Crippen LogP contribution is -2.15. The summed E-state index contributed by atoms with van der Waals surface area (Å²) in [6.07, 6.45) is 4.26. The highest BCUT2D eigenvalue weighted by Gasteiger charge is 2.16. The van der Waals surface area contributed by atoms with Gasteiger partial charge in [-0.3, -0.25) is 4.40 Å². The number of pyridine rings is 1. The Balaban J connectivity index is 1.95. The summed E-state index contributed by atoms with van der Waals surface area (Å²) >= 11 is 0. The van der Waals surface area contributed by atoms with E-state index in [2.05, 4.69) is 9.71 Å². The van der Waals surface area contributed by atoms with Crippen molar-refractivity contribution in [3.8, 4) is 0 Å². The minimum atomic E-state index is -3.63. The molecule has 0 bridgehead atoms. The number of rotatable bonds is 4. The lowest BCUT2D eigenvalue weighted by molar-refractivity contribution is 0.600. The molecule has 0 aliphatic rings. The first-order valence-electron chi connectivity index (χ1n) is 6.64. The number of hydrogen-bond acceptors (Lipinski definition) is 3. The van der Waals surface area contributed by atoms with E-state index in [0.717, 1.165) is 17.5 Å². The maximum Gasteiger partial charge on any atom is 0.264 e. The third kappa shape index (κ3) is 2.62. The highest BCUT2D eigenvalue weighted by molar-refractivity contribution is 7.92. The number of nitrogens with zero attached hydrogens (tertiary/aromatic N) is 2. The maximum atomic E-state index is 12.4. The summed E-state index contributed by atoms with van der Waals surface area (Å²) in [5.41, 5.74) is 1.93. The predicted molar refractivity (Wildman–Crippen MR) is 81.8 cm³/mol. The molecule has 0 unspecified atom stereocenters. The molecule has 0 aliphatic carbocycles. The van der Waals surface area contributed by atoms with E-state index < -0.39 is 10.0 Å². The minimum absolute atomic E-state index is 0.229. The fraction of sp³-hybridized carbons (Fsp3) is 0.133. The summed E-state index contributed by atoms with van der Waals surface area (Å²) in [6, 6.07) is 12.4.